The van der Waals surface area contributed by atoms with Gasteiger partial charge in [0.15, 0.2) is 0 Å². The first-order valence-electron chi connectivity index (χ1n) is 10.3. The lowest BCUT2D eigenvalue weighted by molar-refractivity contribution is -0.143. The van der Waals surface area contributed by atoms with Gasteiger partial charge in [-0.2, -0.15) is 0 Å². The summed E-state index contributed by atoms with van der Waals surface area (Å²) in [6.45, 7) is 3.45. The molecule has 0 aromatic carbocycles. The molecule has 0 bridgehead atoms. The molecule has 15 heteroatoms. The molecule has 0 aliphatic carbocycles. The van der Waals surface area contributed by atoms with Gasteiger partial charge in [-0.15, -0.1) is 0 Å². The Kier molecular flexibility index (Phi) is 12.8. The van der Waals surface area contributed by atoms with Crippen molar-refractivity contribution in [3.05, 3.63) is 0 Å². The van der Waals surface area contributed by atoms with Crippen LogP contribution in [0.5, 0.6) is 0 Å². The summed E-state index contributed by atoms with van der Waals surface area (Å²) in [6, 6.07) is -5.79. The van der Waals surface area contributed by atoms with E-state index in [9.17, 15) is 38.7 Å². The highest BCUT2D eigenvalue weighted by atomic mass is 16.4. The Morgan fingerprint density at radius 2 is 1.24 bits per heavy atom. The summed E-state index contributed by atoms with van der Waals surface area (Å²) < 4.78 is 0. The van der Waals surface area contributed by atoms with Crippen molar-refractivity contribution in [3.63, 3.8) is 0 Å². The SMILES string of the molecule is CC(C)CC(NC(=O)C(CCC(N)=O)NC(=O)C(N)CC(=O)O)C(=O)NC(CC(N)=O)C(=O)O. The van der Waals surface area contributed by atoms with Crippen molar-refractivity contribution in [2.45, 2.75) is 70.1 Å². The zero-order valence-electron chi connectivity index (χ0n) is 18.9. The molecule has 0 spiro atoms. The van der Waals surface area contributed by atoms with Gasteiger partial charge in [0.05, 0.1) is 18.9 Å². The van der Waals surface area contributed by atoms with E-state index >= 15 is 0 Å². The predicted molar refractivity (Wildman–Crippen MR) is 115 cm³/mol. The molecule has 0 heterocycles. The molecule has 0 fully saturated rings. The van der Waals surface area contributed by atoms with Gasteiger partial charge in [0.2, 0.25) is 29.5 Å². The normalized spacial score (nSPS) is 14.2. The van der Waals surface area contributed by atoms with Crippen LogP contribution >= 0.6 is 0 Å². The molecule has 34 heavy (non-hydrogen) atoms. The van der Waals surface area contributed by atoms with Crippen LogP contribution in [0.15, 0.2) is 0 Å². The summed E-state index contributed by atoms with van der Waals surface area (Å²) in [5.41, 5.74) is 15.6. The van der Waals surface area contributed by atoms with Crippen LogP contribution in [0, 0.1) is 5.92 Å². The quantitative estimate of drug-likeness (QED) is 0.106. The van der Waals surface area contributed by atoms with Crippen LogP contribution in [0.4, 0.5) is 0 Å². The highest BCUT2D eigenvalue weighted by Gasteiger charge is 2.31. The number of hydrogen-bond donors (Lipinski definition) is 8. The smallest absolute Gasteiger partial charge is 0.326 e. The second kappa shape index (κ2) is 14.4. The Bertz CT molecular complexity index is 801. The third-order valence-corrected chi connectivity index (χ3v) is 4.40. The fraction of sp³-hybridized carbons (Fsp3) is 0.632. The van der Waals surface area contributed by atoms with Crippen molar-refractivity contribution in [3.8, 4) is 0 Å². The zero-order valence-corrected chi connectivity index (χ0v) is 18.9. The molecular weight excluding hydrogens is 456 g/mol. The summed E-state index contributed by atoms with van der Waals surface area (Å²) in [5, 5.41) is 24.7. The fourth-order valence-corrected chi connectivity index (χ4v) is 2.76. The number of rotatable bonds is 16. The number of aliphatic carboxylic acids is 2. The number of carboxylic acid groups (broad SMARTS) is 2. The van der Waals surface area contributed by atoms with Gasteiger partial charge in [0.1, 0.15) is 18.1 Å². The van der Waals surface area contributed by atoms with Crippen molar-refractivity contribution < 1.29 is 43.8 Å². The summed E-state index contributed by atoms with van der Waals surface area (Å²) >= 11 is 0. The van der Waals surface area contributed by atoms with Gasteiger partial charge in [-0.05, 0) is 18.8 Å². The summed E-state index contributed by atoms with van der Waals surface area (Å²) in [5.74, 6) is -7.59. The molecule has 0 saturated carbocycles. The number of nitrogens with one attached hydrogen (secondary N) is 3. The number of carboxylic acids is 2. The maximum Gasteiger partial charge on any atom is 0.326 e. The molecule has 0 aromatic rings. The van der Waals surface area contributed by atoms with Crippen molar-refractivity contribution in [1.82, 2.24) is 16.0 Å². The number of amides is 5. The third-order valence-electron chi connectivity index (χ3n) is 4.40. The number of carbonyl (C=O) groups is 7. The van der Waals surface area contributed by atoms with Crippen LogP contribution < -0.4 is 33.2 Å². The van der Waals surface area contributed by atoms with Gasteiger partial charge >= 0.3 is 11.9 Å². The van der Waals surface area contributed by atoms with Crippen LogP contribution in [0.1, 0.15) is 46.0 Å². The van der Waals surface area contributed by atoms with Crippen molar-refractivity contribution in [2.24, 2.45) is 23.1 Å². The summed E-state index contributed by atoms with van der Waals surface area (Å²) in [4.78, 5) is 82.0. The Morgan fingerprint density at radius 1 is 0.735 bits per heavy atom. The lowest BCUT2D eigenvalue weighted by atomic mass is 10.0. The Balaban J connectivity index is 5.60. The minimum absolute atomic E-state index is 0.0511. The molecule has 15 nitrogen and oxygen atoms in total. The van der Waals surface area contributed by atoms with E-state index in [0.717, 1.165) is 0 Å². The highest BCUT2D eigenvalue weighted by Crippen LogP contribution is 2.08. The van der Waals surface area contributed by atoms with E-state index < -0.39 is 78.5 Å². The maximum atomic E-state index is 12.8. The molecule has 0 aromatic heterocycles. The molecule has 5 amide bonds. The fourth-order valence-electron chi connectivity index (χ4n) is 2.76. The van der Waals surface area contributed by atoms with Gasteiger partial charge in [0, 0.05) is 6.42 Å². The second-order valence-corrected chi connectivity index (χ2v) is 8.03. The Morgan fingerprint density at radius 3 is 1.68 bits per heavy atom. The predicted octanol–water partition coefficient (Wildman–Crippen LogP) is -3.49. The molecule has 0 saturated heterocycles. The molecule has 4 atom stereocenters. The van der Waals surface area contributed by atoms with Crippen molar-refractivity contribution in [2.75, 3.05) is 0 Å². The van der Waals surface area contributed by atoms with Crippen LogP contribution in [-0.2, 0) is 33.6 Å². The van der Waals surface area contributed by atoms with E-state index in [2.05, 4.69) is 16.0 Å². The van der Waals surface area contributed by atoms with Crippen LogP contribution in [0.25, 0.3) is 0 Å². The number of nitrogens with two attached hydrogens (primary N) is 3. The first-order chi connectivity index (χ1) is 15.6. The van der Waals surface area contributed by atoms with Crippen LogP contribution in [0.3, 0.4) is 0 Å². The summed E-state index contributed by atoms with van der Waals surface area (Å²) in [7, 11) is 0. The van der Waals surface area contributed by atoms with Gasteiger partial charge < -0.3 is 43.4 Å². The number of primary amides is 2. The second-order valence-electron chi connectivity index (χ2n) is 8.03. The van der Waals surface area contributed by atoms with Gasteiger partial charge in [-0.3, -0.25) is 28.8 Å². The third kappa shape index (κ3) is 12.3. The maximum absolute atomic E-state index is 12.8. The minimum Gasteiger partial charge on any atom is -0.481 e. The van der Waals surface area contributed by atoms with Gasteiger partial charge in [-0.1, -0.05) is 13.8 Å². The Hall–Kier alpha value is -3.75. The molecule has 11 N–H and O–H groups in total. The average Bonchev–Trinajstić information content (AvgIpc) is 2.68. The highest BCUT2D eigenvalue weighted by molar-refractivity contribution is 5.95. The van der Waals surface area contributed by atoms with E-state index in [1.165, 1.54) is 0 Å². The minimum atomic E-state index is -1.63. The first kappa shape index (κ1) is 30.2. The summed E-state index contributed by atoms with van der Waals surface area (Å²) in [6.07, 6.45) is -1.95. The van der Waals surface area contributed by atoms with E-state index in [1.54, 1.807) is 13.8 Å². The molecule has 0 aliphatic rings. The molecule has 0 rings (SSSR count). The topological polar surface area (TPSA) is 274 Å². The molecule has 4 unspecified atom stereocenters. The van der Waals surface area contributed by atoms with Crippen LogP contribution in [0.2, 0.25) is 0 Å². The lowest BCUT2D eigenvalue weighted by Crippen LogP contribution is -2.57. The monoisotopic (exact) mass is 488 g/mol. The molecule has 0 aliphatic heterocycles. The van der Waals surface area contributed by atoms with Crippen molar-refractivity contribution in [1.29, 1.82) is 0 Å². The molecule has 0 radical (unpaired) electrons. The first-order valence-corrected chi connectivity index (χ1v) is 10.3. The van der Waals surface area contributed by atoms with Gasteiger partial charge in [-0.25, -0.2) is 4.79 Å². The van der Waals surface area contributed by atoms with E-state index in [1.807, 2.05) is 0 Å². The largest absolute Gasteiger partial charge is 0.481 e. The average molecular weight is 488 g/mol. The molecule has 192 valence electrons. The van der Waals surface area contributed by atoms with Gasteiger partial charge in [0.25, 0.3) is 0 Å². The van der Waals surface area contributed by atoms with Crippen LogP contribution in [-0.4, -0.2) is 75.9 Å². The zero-order chi connectivity index (χ0) is 26.6. The standard InChI is InChI=1S/C19H32N6O9/c1-8(2)5-11(18(32)25-12(19(33)34)7-14(22)27)24-17(31)10(3-4-13(21)26)23-16(30)9(20)6-15(28)29/h8-12H,3-7,20H2,1-2H3,(H2,21,26)(H2,22,27)(H,23,30)(H,24,31)(H,25,32)(H,28,29)(H,33,34). The van der Waals surface area contributed by atoms with E-state index in [0.29, 0.717) is 0 Å². The van der Waals surface area contributed by atoms with E-state index in [-0.39, 0.29) is 25.2 Å². The Labute approximate surface area is 195 Å². The van der Waals surface area contributed by atoms with Crippen molar-refractivity contribution >= 4 is 41.5 Å². The van der Waals surface area contributed by atoms with E-state index in [4.69, 9.17) is 22.3 Å². The molecular formula is C19H32N6O9. The number of carbonyl (C=O) groups excluding carboxylic acids is 5. The lowest BCUT2D eigenvalue weighted by Gasteiger charge is -2.25. The number of hydrogen-bond acceptors (Lipinski definition) is 8.